The van der Waals surface area contributed by atoms with E-state index in [9.17, 15) is 9.90 Å². The number of nitrogens with zero attached hydrogens (tertiary/aromatic N) is 1. The standard InChI is InChI=1S/C13H25N3O2/c17-12(10-16-8-3-6-14-7-9-16)15-11-13(18)4-1-2-5-13/h14,18H,1-11H2,(H,15,17). The molecular weight excluding hydrogens is 230 g/mol. The van der Waals surface area contributed by atoms with Crippen LogP contribution < -0.4 is 10.6 Å². The minimum atomic E-state index is -0.643. The third kappa shape index (κ3) is 4.23. The van der Waals surface area contributed by atoms with Crippen molar-refractivity contribution in [2.24, 2.45) is 0 Å². The van der Waals surface area contributed by atoms with E-state index in [1.165, 1.54) is 0 Å². The Morgan fingerprint density at radius 2 is 2.00 bits per heavy atom. The van der Waals surface area contributed by atoms with Crippen molar-refractivity contribution in [3.05, 3.63) is 0 Å². The highest BCUT2D eigenvalue weighted by Crippen LogP contribution is 2.28. The molecule has 0 atom stereocenters. The minimum absolute atomic E-state index is 0.0391. The van der Waals surface area contributed by atoms with E-state index in [1.54, 1.807) is 0 Å². The molecule has 3 N–H and O–H groups in total. The minimum Gasteiger partial charge on any atom is -0.388 e. The van der Waals surface area contributed by atoms with Crippen molar-refractivity contribution in [1.29, 1.82) is 0 Å². The molecule has 5 nitrogen and oxygen atoms in total. The number of hydrogen-bond donors (Lipinski definition) is 3. The van der Waals surface area contributed by atoms with E-state index in [0.717, 1.165) is 58.3 Å². The summed E-state index contributed by atoms with van der Waals surface area (Å²) in [4.78, 5) is 14.0. The Morgan fingerprint density at radius 3 is 2.78 bits per heavy atom. The summed E-state index contributed by atoms with van der Waals surface area (Å²) in [5.74, 6) is 0.0391. The molecule has 18 heavy (non-hydrogen) atoms. The third-order valence-electron chi connectivity index (χ3n) is 3.95. The molecule has 0 spiro atoms. The lowest BCUT2D eigenvalue weighted by atomic mass is 10.0. The molecule has 1 saturated heterocycles. The number of amides is 1. The number of carbonyl (C=O) groups is 1. The van der Waals surface area contributed by atoms with E-state index in [0.29, 0.717) is 13.1 Å². The summed E-state index contributed by atoms with van der Waals surface area (Å²) in [5, 5.41) is 16.4. The van der Waals surface area contributed by atoms with Gasteiger partial charge in [0.2, 0.25) is 5.91 Å². The van der Waals surface area contributed by atoms with Gasteiger partial charge in [-0.1, -0.05) is 12.8 Å². The normalized spacial score (nSPS) is 24.7. The highest BCUT2D eigenvalue weighted by Gasteiger charge is 2.31. The molecule has 1 amide bonds. The molecule has 0 aromatic carbocycles. The van der Waals surface area contributed by atoms with Gasteiger partial charge in [0.05, 0.1) is 12.1 Å². The first kappa shape index (κ1) is 13.8. The molecule has 5 heteroatoms. The summed E-state index contributed by atoms with van der Waals surface area (Å²) in [5.41, 5.74) is -0.643. The quantitative estimate of drug-likeness (QED) is 0.645. The van der Waals surface area contributed by atoms with Crippen molar-refractivity contribution >= 4 is 5.91 Å². The maximum absolute atomic E-state index is 11.8. The second kappa shape index (κ2) is 6.50. The zero-order chi connectivity index (χ0) is 12.8. The summed E-state index contributed by atoms with van der Waals surface area (Å²) in [6, 6.07) is 0. The molecule has 0 unspecified atom stereocenters. The maximum atomic E-state index is 11.8. The van der Waals surface area contributed by atoms with Gasteiger partial charge in [-0.25, -0.2) is 0 Å². The van der Waals surface area contributed by atoms with Gasteiger partial charge in [0, 0.05) is 19.6 Å². The van der Waals surface area contributed by atoms with Crippen LogP contribution in [0.5, 0.6) is 0 Å². The second-order valence-corrected chi connectivity index (χ2v) is 5.59. The van der Waals surface area contributed by atoms with Crippen molar-refractivity contribution in [3.8, 4) is 0 Å². The van der Waals surface area contributed by atoms with E-state index in [1.807, 2.05) is 0 Å². The number of aliphatic hydroxyl groups is 1. The van der Waals surface area contributed by atoms with Gasteiger partial charge in [0.1, 0.15) is 0 Å². The number of nitrogens with one attached hydrogen (secondary N) is 2. The first-order chi connectivity index (χ1) is 8.68. The van der Waals surface area contributed by atoms with Crippen molar-refractivity contribution in [3.63, 3.8) is 0 Å². The number of hydrogen-bond acceptors (Lipinski definition) is 4. The van der Waals surface area contributed by atoms with Crippen LogP contribution in [0.25, 0.3) is 0 Å². The molecule has 1 aliphatic heterocycles. The van der Waals surface area contributed by atoms with Gasteiger partial charge >= 0.3 is 0 Å². The van der Waals surface area contributed by atoms with Crippen LogP contribution in [0, 0.1) is 0 Å². The topological polar surface area (TPSA) is 64.6 Å². The van der Waals surface area contributed by atoms with E-state index < -0.39 is 5.60 Å². The van der Waals surface area contributed by atoms with Gasteiger partial charge in [0.15, 0.2) is 0 Å². The van der Waals surface area contributed by atoms with Crippen LogP contribution in [-0.4, -0.2) is 60.8 Å². The van der Waals surface area contributed by atoms with Crippen molar-refractivity contribution in [2.75, 3.05) is 39.3 Å². The van der Waals surface area contributed by atoms with E-state index in [2.05, 4.69) is 15.5 Å². The van der Waals surface area contributed by atoms with Crippen molar-refractivity contribution in [2.45, 2.75) is 37.7 Å². The second-order valence-electron chi connectivity index (χ2n) is 5.59. The fourth-order valence-electron chi connectivity index (χ4n) is 2.79. The van der Waals surface area contributed by atoms with Crippen LogP contribution in [0.1, 0.15) is 32.1 Å². The Hall–Kier alpha value is -0.650. The summed E-state index contributed by atoms with van der Waals surface area (Å²) < 4.78 is 0. The van der Waals surface area contributed by atoms with Gasteiger partial charge < -0.3 is 15.7 Å². The number of rotatable bonds is 4. The van der Waals surface area contributed by atoms with E-state index in [4.69, 9.17) is 0 Å². The molecule has 2 rings (SSSR count). The monoisotopic (exact) mass is 255 g/mol. The summed E-state index contributed by atoms with van der Waals surface area (Å²) in [7, 11) is 0. The molecule has 1 saturated carbocycles. The van der Waals surface area contributed by atoms with Gasteiger partial charge in [-0.2, -0.15) is 0 Å². The molecule has 2 aliphatic rings. The van der Waals surface area contributed by atoms with Crippen LogP contribution in [-0.2, 0) is 4.79 Å². The fourth-order valence-corrected chi connectivity index (χ4v) is 2.79. The Bertz CT molecular complexity index is 269. The average Bonchev–Trinajstić information content (AvgIpc) is 2.62. The fraction of sp³-hybridized carbons (Fsp3) is 0.923. The largest absolute Gasteiger partial charge is 0.388 e. The zero-order valence-corrected chi connectivity index (χ0v) is 11.1. The predicted molar refractivity (Wildman–Crippen MR) is 70.4 cm³/mol. The lowest BCUT2D eigenvalue weighted by Gasteiger charge is -2.24. The molecule has 1 heterocycles. The Balaban J connectivity index is 1.67. The lowest BCUT2D eigenvalue weighted by Crippen LogP contribution is -2.45. The summed E-state index contributed by atoms with van der Waals surface area (Å²) in [6.45, 7) is 4.77. The van der Waals surface area contributed by atoms with Crippen LogP contribution in [0.15, 0.2) is 0 Å². The zero-order valence-electron chi connectivity index (χ0n) is 11.1. The lowest BCUT2D eigenvalue weighted by molar-refractivity contribution is -0.123. The molecular formula is C13H25N3O2. The van der Waals surface area contributed by atoms with Gasteiger partial charge in [-0.05, 0) is 32.4 Å². The van der Waals surface area contributed by atoms with Crippen molar-refractivity contribution < 1.29 is 9.90 Å². The highest BCUT2D eigenvalue weighted by atomic mass is 16.3. The highest BCUT2D eigenvalue weighted by molar-refractivity contribution is 5.78. The van der Waals surface area contributed by atoms with Gasteiger partial charge in [-0.15, -0.1) is 0 Å². The molecule has 2 fully saturated rings. The summed E-state index contributed by atoms with van der Waals surface area (Å²) >= 11 is 0. The Morgan fingerprint density at radius 1 is 1.22 bits per heavy atom. The molecule has 0 aromatic heterocycles. The third-order valence-corrected chi connectivity index (χ3v) is 3.95. The average molecular weight is 255 g/mol. The molecule has 1 aliphatic carbocycles. The first-order valence-electron chi connectivity index (χ1n) is 7.10. The van der Waals surface area contributed by atoms with E-state index >= 15 is 0 Å². The molecule has 104 valence electrons. The summed E-state index contributed by atoms with van der Waals surface area (Å²) in [6.07, 6.45) is 4.88. The number of carbonyl (C=O) groups excluding carboxylic acids is 1. The predicted octanol–water partition coefficient (Wildman–Crippen LogP) is -0.297. The SMILES string of the molecule is O=C(CN1CCCNCC1)NCC1(O)CCCC1. The van der Waals surface area contributed by atoms with Gasteiger partial charge in [-0.3, -0.25) is 9.69 Å². The molecule has 0 radical (unpaired) electrons. The van der Waals surface area contributed by atoms with Gasteiger partial charge in [0.25, 0.3) is 0 Å². The molecule has 0 aromatic rings. The Labute approximate surface area is 109 Å². The van der Waals surface area contributed by atoms with Crippen LogP contribution in [0.2, 0.25) is 0 Å². The van der Waals surface area contributed by atoms with Crippen molar-refractivity contribution in [1.82, 2.24) is 15.5 Å². The smallest absolute Gasteiger partial charge is 0.234 e. The molecule has 0 bridgehead atoms. The van der Waals surface area contributed by atoms with Crippen LogP contribution in [0.4, 0.5) is 0 Å². The maximum Gasteiger partial charge on any atom is 0.234 e. The Kier molecular flexibility index (Phi) is 4.97. The van der Waals surface area contributed by atoms with Crippen LogP contribution >= 0.6 is 0 Å². The first-order valence-corrected chi connectivity index (χ1v) is 7.10. The van der Waals surface area contributed by atoms with Crippen LogP contribution in [0.3, 0.4) is 0 Å². The van der Waals surface area contributed by atoms with E-state index in [-0.39, 0.29) is 5.91 Å².